The van der Waals surface area contributed by atoms with Crippen molar-refractivity contribution in [2.24, 2.45) is 0 Å². The molecule has 25 heavy (non-hydrogen) atoms. The first-order valence-corrected chi connectivity index (χ1v) is 9.17. The Morgan fingerprint density at radius 1 is 1.20 bits per heavy atom. The number of amides is 1. The van der Waals surface area contributed by atoms with Gasteiger partial charge in [-0.2, -0.15) is 13.7 Å². The second-order valence-corrected chi connectivity index (χ2v) is 7.29. The molecule has 0 saturated carbocycles. The number of nitriles is 1. The van der Waals surface area contributed by atoms with E-state index < -0.39 is 10.1 Å². The van der Waals surface area contributed by atoms with Crippen LogP contribution in [0, 0.1) is 18.3 Å². The highest BCUT2D eigenvalue weighted by atomic mass is 32.2. The van der Waals surface area contributed by atoms with E-state index in [9.17, 15) is 13.2 Å². The molecule has 1 heterocycles. The minimum absolute atomic E-state index is 0.0326. The molecule has 128 valence electrons. The van der Waals surface area contributed by atoms with E-state index in [-0.39, 0.29) is 16.6 Å². The first-order chi connectivity index (χ1) is 11.9. The molecular formula is C18H16N2O4S. The van der Waals surface area contributed by atoms with Crippen molar-refractivity contribution in [2.45, 2.75) is 24.7 Å². The lowest BCUT2D eigenvalue weighted by Gasteiger charge is -2.17. The van der Waals surface area contributed by atoms with Crippen LogP contribution in [0.3, 0.4) is 0 Å². The van der Waals surface area contributed by atoms with Crippen molar-refractivity contribution in [3.63, 3.8) is 0 Å². The van der Waals surface area contributed by atoms with Crippen molar-refractivity contribution >= 4 is 21.7 Å². The minimum Gasteiger partial charge on any atom is -0.379 e. The molecular weight excluding hydrogens is 340 g/mol. The fourth-order valence-corrected chi connectivity index (χ4v) is 3.93. The fourth-order valence-electron chi connectivity index (χ4n) is 2.79. The van der Waals surface area contributed by atoms with E-state index in [0.29, 0.717) is 29.8 Å². The van der Waals surface area contributed by atoms with E-state index in [1.54, 1.807) is 36.1 Å². The smallest absolute Gasteiger partial charge is 0.339 e. The van der Waals surface area contributed by atoms with Crippen molar-refractivity contribution in [2.75, 3.05) is 11.4 Å². The molecule has 3 rings (SSSR count). The Hall–Kier alpha value is -2.85. The summed E-state index contributed by atoms with van der Waals surface area (Å²) < 4.78 is 30.2. The van der Waals surface area contributed by atoms with Gasteiger partial charge < -0.3 is 9.08 Å². The van der Waals surface area contributed by atoms with Gasteiger partial charge in [0.25, 0.3) is 0 Å². The highest BCUT2D eigenvalue weighted by Gasteiger charge is 2.24. The highest BCUT2D eigenvalue weighted by Crippen LogP contribution is 2.28. The number of nitrogens with zero attached hydrogens (tertiary/aromatic N) is 2. The van der Waals surface area contributed by atoms with Gasteiger partial charge in [-0.25, -0.2) is 0 Å². The van der Waals surface area contributed by atoms with E-state index in [0.717, 1.165) is 6.42 Å². The molecule has 0 aliphatic carbocycles. The van der Waals surface area contributed by atoms with Crippen molar-refractivity contribution in [3.8, 4) is 11.8 Å². The van der Waals surface area contributed by atoms with Gasteiger partial charge in [0.15, 0.2) is 0 Å². The first-order valence-electron chi connectivity index (χ1n) is 7.76. The summed E-state index contributed by atoms with van der Waals surface area (Å²) in [6, 6.07) is 12.6. The van der Waals surface area contributed by atoms with Crippen LogP contribution < -0.4 is 9.08 Å². The second-order valence-electron chi connectivity index (χ2n) is 5.78. The van der Waals surface area contributed by atoms with Gasteiger partial charge in [-0.05, 0) is 55.3 Å². The van der Waals surface area contributed by atoms with Crippen LogP contribution in [0.5, 0.6) is 5.75 Å². The standard InChI is InChI=1S/C18H16N2O4S/c1-13-10-15(20-9-3-6-18(20)21)7-8-17(13)25(22,23)24-16-5-2-4-14(11-16)12-19/h2,4-5,7-8,10-11H,3,6,9H2,1H3. The van der Waals surface area contributed by atoms with Gasteiger partial charge in [-0.15, -0.1) is 0 Å². The summed E-state index contributed by atoms with van der Waals surface area (Å²) in [6.45, 7) is 2.30. The number of benzene rings is 2. The fraction of sp³-hybridized carbons (Fsp3) is 0.222. The topological polar surface area (TPSA) is 87.5 Å². The predicted octanol–water partition coefficient (Wildman–Crippen LogP) is 2.76. The lowest BCUT2D eigenvalue weighted by molar-refractivity contribution is -0.117. The molecule has 2 aromatic carbocycles. The van der Waals surface area contributed by atoms with Crippen molar-refractivity contribution < 1.29 is 17.4 Å². The van der Waals surface area contributed by atoms with Gasteiger partial charge in [0.2, 0.25) is 5.91 Å². The van der Waals surface area contributed by atoms with Crippen LogP contribution in [-0.4, -0.2) is 20.9 Å². The minimum atomic E-state index is -4.04. The van der Waals surface area contributed by atoms with Gasteiger partial charge in [-0.3, -0.25) is 4.79 Å². The van der Waals surface area contributed by atoms with Gasteiger partial charge in [0, 0.05) is 18.7 Å². The van der Waals surface area contributed by atoms with E-state index in [1.807, 2.05) is 6.07 Å². The molecule has 1 aliphatic heterocycles. The first kappa shape index (κ1) is 17.0. The highest BCUT2D eigenvalue weighted by molar-refractivity contribution is 7.87. The molecule has 0 atom stereocenters. The molecule has 1 amide bonds. The van der Waals surface area contributed by atoms with Crippen molar-refractivity contribution in [3.05, 3.63) is 53.6 Å². The lowest BCUT2D eigenvalue weighted by atomic mass is 10.2. The van der Waals surface area contributed by atoms with Crippen LogP contribution in [0.15, 0.2) is 47.4 Å². The zero-order valence-electron chi connectivity index (χ0n) is 13.6. The van der Waals surface area contributed by atoms with Crippen LogP contribution in [0.2, 0.25) is 0 Å². The number of carbonyl (C=O) groups excluding carboxylic acids is 1. The van der Waals surface area contributed by atoms with E-state index in [1.165, 1.54) is 18.2 Å². The van der Waals surface area contributed by atoms with Crippen LogP contribution >= 0.6 is 0 Å². The largest absolute Gasteiger partial charge is 0.379 e. The molecule has 0 spiro atoms. The zero-order chi connectivity index (χ0) is 18.0. The van der Waals surface area contributed by atoms with Crippen LogP contribution in [-0.2, 0) is 14.9 Å². The summed E-state index contributed by atoms with van der Waals surface area (Å²) in [6.07, 6.45) is 1.31. The van der Waals surface area contributed by atoms with E-state index >= 15 is 0 Å². The number of anilines is 1. The average Bonchev–Trinajstić information content (AvgIpc) is 3.00. The SMILES string of the molecule is Cc1cc(N2CCCC2=O)ccc1S(=O)(=O)Oc1cccc(C#N)c1. The average molecular weight is 356 g/mol. The molecule has 0 radical (unpaired) electrons. The summed E-state index contributed by atoms with van der Waals surface area (Å²) >= 11 is 0. The van der Waals surface area contributed by atoms with Crippen molar-refractivity contribution in [1.82, 2.24) is 0 Å². The third-order valence-electron chi connectivity index (χ3n) is 3.98. The molecule has 1 aliphatic rings. The Morgan fingerprint density at radius 3 is 2.64 bits per heavy atom. The van der Waals surface area contributed by atoms with Gasteiger partial charge in [0.1, 0.15) is 10.6 Å². The Bertz CT molecular complexity index is 977. The molecule has 0 N–H and O–H groups in total. The van der Waals surface area contributed by atoms with Crippen LogP contribution in [0.25, 0.3) is 0 Å². The number of hydrogen-bond acceptors (Lipinski definition) is 5. The Labute approximate surface area is 146 Å². The Kier molecular flexibility index (Phi) is 4.47. The maximum absolute atomic E-state index is 12.5. The molecule has 0 aromatic heterocycles. The third kappa shape index (κ3) is 3.49. The molecule has 7 heteroatoms. The number of hydrogen-bond donors (Lipinski definition) is 0. The summed E-state index contributed by atoms with van der Waals surface area (Å²) in [5.74, 6) is 0.122. The van der Waals surface area contributed by atoms with Gasteiger partial charge in [0.05, 0.1) is 11.6 Å². The molecule has 6 nitrogen and oxygen atoms in total. The summed E-state index contributed by atoms with van der Waals surface area (Å²) in [5, 5.41) is 8.89. The molecule has 1 saturated heterocycles. The van der Waals surface area contributed by atoms with Crippen LogP contribution in [0.4, 0.5) is 5.69 Å². The monoisotopic (exact) mass is 356 g/mol. The van der Waals surface area contributed by atoms with E-state index in [2.05, 4.69) is 0 Å². The molecule has 0 bridgehead atoms. The second kappa shape index (κ2) is 6.57. The Balaban J connectivity index is 1.89. The van der Waals surface area contributed by atoms with Gasteiger partial charge >= 0.3 is 10.1 Å². The summed E-state index contributed by atoms with van der Waals surface area (Å²) in [4.78, 5) is 13.5. The maximum Gasteiger partial charge on any atom is 0.339 e. The number of carbonyl (C=O) groups is 1. The van der Waals surface area contributed by atoms with Crippen molar-refractivity contribution in [1.29, 1.82) is 5.26 Å². The normalized spacial score (nSPS) is 14.4. The van der Waals surface area contributed by atoms with Crippen LogP contribution in [0.1, 0.15) is 24.0 Å². The molecule has 2 aromatic rings. The Morgan fingerprint density at radius 2 is 2.00 bits per heavy atom. The maximum atomic E-state index is 12.5. The lowest BCUT2D eigenvalue weighted by Crippen LogP contribution is -2.24. The summed E-state index contributed by atoms with van der Waals surface area (Å²) in [5.41, 5.74) is 1.49. The third-order valence-corrected chi connectivity index (χ3v) is 5.39. The van der Waals surface area contributed by atoms with Gasteiger partial charge in [-0.1, -0.05) is 6.07 Å². The number of aryl methyl sites for hydroxylation is 1. The quantitative estimate of drug-likeness (QED) is 0.786. The molecule has 0 unspecified atom stereocenters. The van der Waals surface area contributed by atoms with E-state index in [4.69, 9.17) is 9.44 Å². The summed E-state index contributed by atoms with van der Waals surface area (Å²) in [7, 11) is -4.04. The molecule has 1 fully saturated rings. The predicted molar refractivity (Wildman–Crippen MR) is 91.7 cm³/mol. The number of rotatable bonds is 4. The zero-order valence-corrected chi connectivity index (χ0v) is 14.4.